The van der Waals surface area contributed by atoms with Crippen LogP contribution in [0.4, 0.5) is 16.0 Å². The number of hydrogen-bond donors (Lipinski definition) is 2. The minimum Gasteiger partial charge on any atom is -0.340 e. The van der Waals surface area contributed by atoms with Crippen LogP contribution in [0, 0.1) is 5.82 Å². The molecule has 2 aromatic carbocycles. The van der Waals surface area contributed by atoms with E-state index in [4.69, 9.17) is 23.2 Å². The van der Waals surface area contributed by atoms with E-state index in [0.29, 0.717) is 33.8 Å². The number of rotatable bonds is 5. The van der Waals surface area contributed by atoms with Crippen molar-refractivity contribution in [1.29, 1.82) is 0 Å². The van der Waals surface area contributed by atoms with Crippen molar-refractivity contribution in [3.63, 3.8) is 0 Å². The number of imidazole rings is 1. The Labute approximate surface area is 170 Å². The summed E-state index contributed by atoms with van der Waals surface area (Å²) in [7, 11) is 0. The summed E-state index contributed by atoms with van der Waals surface area (Å²) in [6.07, 6.45) is 3.81. The quantitative estimate of drug-likeness (QED) is 0.443. The average molecular weight is 414 g/mol. The van der Waals surface area contributed by atoms with Crippen molar-refractivity contribution in [3.8, 4) is 11.4 Å². The Balaban J connectivity index is 1.54. The molecule has 8 heteroatoms. The van der Waals surface area contributed by atoms with Gasteiger partial charge in [0.25, 0.3) is 0 Å². The van der Waals surface area contributed by atoms with E-state index in [2.05, 4.69) is 25.3 Å². The molecule has 140 valence electrons. The molecule has 0 saturated heterocycles. The highest BCUT2D eigenvalue weighted by Crippen LogP contribution is 2.27. The Kier molecular flexibility index (Phi) is 5.23. The minimum atomic E-state index is -0.302. The number of benzene rings is 2. The molecule has 0 bridgehead atoms. The van der Waals surface area contributed by atoms with E-state index in [1.165, 1.54) is 12.1 Å². The lowest BCUT2D eigenvalue weighted by Gasteiger charge is -2.06. The van der Waals surface area contributed by atoms with E-state index >= 15 is 0 Å². The van der Waals surface area contributed by atoms with Crippen molar-refractivity contribution in [2.24, 2.45) is 0 Å². The summed E-state index contributed by atoms with van der Waals surface area (Å²) in [6, 6.07) is 13.1. The predicted molar refractivity (Wildman–Crippen MR) is 109 cm³/mol. The summed E-state index contributed by atoms with van der Waals surface area (Å²) >= 11 is 12.5. The molecule has 0 aliphatic rings. The smallest absolute Gasteiger partial charge is 0.227 e. The highest BCUT2D eigenvalue weighted by Gasteiger charge is 2.11. The highest BCUT2D eigenvalue weighted by atomic mass is 35.5. The molecule has 4 aromatic rings. The number of halogens is 3. The number of H-pyrrole nitrogens is 1. The lowest BCUT2D eigenvalue weighted by atomic mass is 10.1. The largest absolute Gasteiger partial charge is 0.340 e. The Morgan fingerprint density at radius 2 is 1.71 bits per heavy atom. The summed E-state index contributed by atoms with van der Waals surface area (Å²) in [5, 5.41) is 4.24. The molecule has 4 rings (SSSR count). The second-order valence-electron chi connectivity index (χ2n) is 6.02. The van der Waals surface area contributed by atoms with Gasteiger partial charge in [0.15, 0.2) is 0 Å². The third kappa shape index (κ3) is 4.13. The molecule has 0 aliphatic heterocycles. The number of hydrogen-bond acceptors (Lipinski definition) is 4. The van der Waals surface area contributed by atoms with Gasteiger partial charge in [0.05, 0.1) is 17.6 Å². The molecule has 0 spiro atoms. The van der Waals surface area contributed by atoms with E-state index in [0.717, 1.165) is 17.1 Å². The molecule has 0 aliphatic carbocycles. The molecule has 28 heavy (non-hydrogen) atoms. The molecule has 2 aromatic heterocycles. The van der Waals surface area contributed by atoms with Crippen molar-refractivity contribution in [1.82, 2.24) is 19.9 Å². The van der Waals surface area contributed by atoms with E-state index < -0.39 is 0 Å². The molecular formula is C20H14Cl2FN5. The second kappa shape index (κ2) is 7.96. The Hall–Kier alpha value is -2.96. The SMILES string of the molecule is Fc1ccc(Nc2nccc(-c3cnc(Cc4c(Cl)cccc4Cl)[nH]3)n2)cc1. The summed E-state index contributed by atoms with van der Waals surface area (Å²) < 4.78 is 13.0. The molecule has 0 atom stereocenters. The molecule has 0 fully saturated rings. The van der Waals surface area contributed by atoms with Gasteiger partial charge in [-0.2, -0.15) is 0 Å². The van der Waals surface area contributed by atoms with Gasteiger partial charge < -0.3 is 10.3 Å². The Bertz CT molecular complexity index is 1090. The van der Waals surface area contributed by atoms with Crippen molar-refractivity contribution in [2.45, 2.75) is 6.42 Å². The zero-order chi connectivity index (χ0) is 19.5. The molecule has 0 unspecified atom stereocenters. The van der Waals surface area contributed by atoms with E-state index in [9.17, 15) is 4.39 Å². The molecule has 0 saturated carbocycles. The zero-order valence-corrected chi connectivity index (χ0v) is 16.0. The summed E-state index contributed by atoms with van der Waals surface area (Å²) in [4.78, 5) is 16.3. The minimum absolute atomic E-state index is 0.302. The van der Waals surface area contributed by atoms with Crippen molar-refractivity contribution >= 4 is 34.8 Å². The van der Waals surface area contributed by atoms with Gasteiger partial charge in [0, 0.05) is 28.4 Å². The maximum Gasteiger partial charge on any atom is 0.227 e. The van der Waals surface area contributed by atoms with E-state index in [1.807, 2.05) is 0 Å². The molecule has 5 nitrogen and oxygen atoms in total. The average Bonchev–Trinajstić information content (AvgIpc) is 3.16. The van der Waals surface area contributed by atoms with Crippen LogP contribution < -0.4 is 5.32 Å². The Morgan fingerprint density at radius 3 is 2.46 bits per heavy atom. The first-order chi connectivity index (χ1) is 13.6. The number of aromatic amines is 1. The van der Waals surface area contributed by atoms with Gasteiger partial charge in [-0.25, -0.2) is 19.3 Å². The zero-order valence-electron chi connectivity index (χ0n) is 14.5. The standard InChI is InChI=1S/C20H14Cl2FN5/c21-15-2-1-3-16(22)14(15)10-19-25-11-18(27-19)17-8-9-24-20(28-17)26-13-6-4-12(23)5-7-13/h1-9,11H,10H2,(H,25,27)(H,24,26,28). The van der Waals surface area contributed by atoms with E-state index in [-0.39, 0.29) is 5.82 Å². The van der Waals surface area contributed by atoms with Gasteiger partial charge in [-0.05, 0) is 48.0 Å². The maximum absolute atomic E-state index is 13.0. The number of anilines is 2. The maximum atomic E-state index is 13.0. The lowest BCUT2D eigenvalue weighted by Crippen LogP contribution is -1.98. The predicted octanol–water partition coefficient (Wildman–Crippen LogP) is 5.65. The number of nitrogens with one attached hydrogen (secondary N) is 2. The normalized spacial score (nSPS) is 10.8. The molecular weight excluding hydrogens is 400 g/mol. The number of nitrogens with zero attached hydrogens (tertiary/aromatic N) is 3. The third-order valence-electron chi connectivity index (χ3n) is 4.07. The first-order valence-electron chi connectivity index (χ1n) is 8.41. The van der Waals surface area contributed by atoms with Crippen molar-refractivity contribution in [3.05, 3.63) is 88.2 Å². The molecule has 2 N–H and O–H groups in total. The Morgan fingerprint density at radius 1 is 0.964 bits per heavy atom. The van der Waals surface area contributed by atoms with Gasteiger partial charge in [0.2, 0.25) is 5.95 Å². The van der Waals surface area contributed by atoms with E-state index in [1.54, 1.807) is 48.8 Å². The third-order valence-corrected chi connectivity index (χ3v) is 4.77. The molecule has 0 amide bonds. The van der Waals surface area contributed by atoms with Gasteiger partial charge in [-0.15, -0.1) is 0 Å². The lowest BCUT2D eigenvalue weighted by molar-refractivity contribution is 0.628. The van der Waals surface area contributed by atoms with Gasteiger partial charge in [-0.3, -0.25) is 0 Å². The van der Waals surface area contributed by atoms with Crippen LogP contribution in [-0.2, 0) is 6.42 Å². The first kappa shape index (κ1) is 18.4. The van der Waals surface area contributed by atoms with Gasteiger partial charge >= 0.3 is 0 Å². The fourth-order valence-electron chi connectivity index (χ4n) is 2.68. The number of aromatic nitrogens is 4. The topological polar surface area (TPSA) is 66.5 Å². The van der Waals surface area contributed by atoms with Crippen LogP contribution >= 0.6 is 23.2 Å². The van der Waals surface area contributed by atoms with Crippen LogP contribution in [0.15, 0.2) is 60.9 Å². The fraction of sp³-hybridized carbons (Fsp3) is 0.0500. The van der Waals surface area contributed by atoms with Crippen LogP contribution in [0.3, 0.4) is 0 Å². The van der Waals surface area contributed by atoms with Gasteiger partial charge in [-0.1, -0.05) is 29.3 Å². The molecule has 0 radical (unpaired) electrons. The van der Waals surface area contributed by atoms with Crippen LogP contribution in [-0.4, -0.2) is 19.9 Å². The van der Waals surface area contributed by atoms with Gasteiger partial charge in [0.1, 0.15) is 11.6 Å². The summed E-state index contributed by atoms with van der Waals surface area (Å²) in [6.45, 7) is 0. The summed E-state index contributed by atoms with van der Waals surface area (Å²) in [5.41, 5.74) is 2.91. The van der Waals surface area contributed by atoms with Crippen LogP contribution in [0.5, 0.6) is 0 Å². The van der Waals surface area contributed by atoms with Crippen LogP contribution in [0.2, 0.25) is 10.0 Å². The van der Waals surface area contributed by atoms with Crippen LogP contribution in [0.1, 0.15) is 11.4 Å². The monoisotopic (exact) mass is 413 g/mol. The fourth-order valence-corrected chi connectivity index (χ4v) is 3.21. The molecule has 2 heterocycles. The first-order valence-corrected chi connectivity index (χ1v) is 9.17. The van der Waals surface area contributed by atoms with Crippen LogP contribution in [0.25, 0.3) is 11.4 Å². The highest BCUT2D eigenvalue weighted by molar-refractivity contribution is 6.36. The van der Waals surface area contributed by atoms with Crippen molar-refractivity contribution in [2.75, 3.05) is 5.32 Å². The van der Waals surface area contributed by atoms with Crippen molar-refractivity contribution < 1.29 is 4.39 Å². The second-order valence-corrected chi connectivity index (χ2v) is 6.83. The summed E-state index contributed by atoms with van der Waals surface area (Å²) in [5.74, 6) is 0.815.